The number of nitrogens with one attached hydrogen (secondary N) is 1. The average Bonchev–Trinajstić information content (AvgIpc) is 3.02. The van der Waals surface area contributed by atoms with Crippen LogP contribution in [0.4, 0.5) is 0 Å². The molecule has 1 aliphatic rings. The SMILES string of the molecule is CCCCCCCC/C=C/CCCC1=NCC[N+]1(CC)CCNC(C)=O. The van der Waals surface area contributed by atoms with Crippen molar-refractivity contribution in [3.8, 4) is 0 Å². The van der Waals surface area contributed by atoms with Crippen molar-refractivity contribution in [1.29, 1.82) is 0 Å². The summed E-state index contributed by atoms with van der Waals surface area (Å²) in [5, 5.41) is 2.94. The lowest BCUT2D eigenvalue weighted by atomic mass is 10.1. The lowest BCUT2D eigenvalue weighted by Crippen LogP contribution is -2.54. The van der Waals surface area contributed by atoms with E-state index < -0.39 is 0 Å². The van der Waals surface area contributed by atoms with Crippen molar-refractivity contribution >= 4 is 11.7 Å². The zero-order valence-corrected chi connectivity index (χ0v) is 17.6. The van der Waals surface area contributed by atoms with E-state index in [1.165, 1.54) is 57.2 Å². The molecule has 0 aliphatic carbocycles. The minimum atomic E-state index is 0.0624. The number of aliphatic imine (C=N–C) groups is 1. The smallest absolute Gasteiger partial charge is 0.217 e. The number of amidine groups is 1. The van der Waals surface area contributed by atoms with Crippen molar-refractivity contribution in [2.75, 3.05) is 32.7 Å². The fourth-order valence-corrected chi connectivity index (χ4v) is 3.81. The fourth-order valence-electron chi connectivity index (χ4n) is 3.81. The molecule has 1 atom stereocenters. The molecular weight excluding hydrogens is 322 g/mol. The molecule has 1 N–H and O–H groups in total. The fraction of sp³-hybridized carbons (Fsp3) is 0.818. The van der Waals surface area contributed by atoms with Gasteiger partial charge in [0.2, 0.25) is 5.91 Å². The third kappa shape index (κ3) is 8.98. The van der Waals surface area contributed by atoms with E-state index >= 15 is 0 Å². The molecule has 1 unspecified atom stereocenters. The van der Waals surface area contributed by atoms with Crippen LogP contribution in [0.2, 0.25) is 0 Å². The van der Waals surface area contributed by atoms with Crippen LogP contribution in [0.15, 0.2) is 17.1 Å². The zero-order valence-electron chi connectivity index (χ0n) is 17.6. The van der Waals surface area contributed by atoms with Crippen molar-refractivity contribution in [2.45, 2.75) is 85.0 Å². The summed E-state index contributed by atoms with van der Waals surface area (Å²) in [4.78, 5) is 15.9. The predicted molar refractivity (Wildman–Crippen MR) is 113 cm³/mol. The Morgan fingerprint density at radius 2 is 1.77 bits per heavy atom. The molecule has 4 nitrogen and oxygen atoms in total. The molecule has 0 bridgehead atoms. The summed E-state index contributed by atoms with van der Waals surface area (Å²) >= 11 is 0. The Kier molecular flexibility index (Phi) is 12.3. The van der Waals surface area contributed by atoms with Crippen LogP contribution in [0.25, 0.3) is 0 Å². The van der Waals surface area contributed by atoms with E-state index in [0.717, 1.165) is 50.0 Å². The molecule has 0 aromatic heterocycles. The summed E-state index contributed by atoms with van der Waals surface area (Å²) in [6, 6.07) is 0. The largest absolute Gasteiger partial charge is 0.351 e. The van der Waals surface area contributed by atoms with E-state index in [4.69, 9.17) is 4.99 Å². The summed E-state index contributed by atoms with van der Waals surface area (Å²) in [5.41, 5.74) is 0. The topological polar surface area (TPSA) is 41.5 Å². The molecule has 0 saturated heterocycles. The second-order valence-electron chi connectivity index (χ2n) is 7.61. The highest BCUT2D eigenvalue weighted by Crippen LogP contribution is 2.19. The molecule has 0 saturated carbocycles. The Morgan fingerprint density at radius 3 is 2.46 bits per heavy atom. The summed E-state index contributed by atoms with van der Waals surface area (Å²) < 4.78 is 0.974. The van der Waals surface area contributed by atoms with Crippen LogP contribution < -0.4 is 5.32 Å². The number of hydrogen-bond donors (Lipinski definition) is 1. The number of amides is 1. The highest BCUT2D eigenvalue weighted by atomic mass is 16.1. The molecule has 0 aromatic carbocycles. The number of nitrogens with zero attached hydrogens (tertiary/aromatic N) is 2. The monoisotopic (exact) mass is 364 g/mol. The number of carbonyl (C=O) groups is 1. The van der Waals surface area contributed by atoms with Crippen LogP contribution >= 0.6 is 0 Å². The highest BCUT2D eigenvalue weighted by molar-refractivity contribution is 5.77. The van der Waals surface area contributed by atoms with Crippen LogP contribution in [0.3, 0.4) is 0 Å². The van der Waals surface area contributed by atoms with E-state index in [2.05, 4.69) is 31.3 Å². The van der Waals surface area contributed by atoms with Gasteiger partial charge in [0.1, 0.15) is 13.1 Å². The normalized spacial score (nSPS) is 19.9. The first-order valence-corrected chi connectivity index (χ1v) is 10.9. The standard InChI is InChI=1S/C22H41N3O/c1-4-6-7-8-9-10-11-12-13-14-15-16-22-24-18-20-25(22,5-2)19-17-23-21(3)26/h12-13H,4-11,14-20H2,1-3H3/p+1/b13-12+. The van der Waals surface area contributed by atoms with Crippen molar-refractivity contribution < 1.29 is 9.28 Å². The molecule has 0 spiro atoms. The summed E-state index contributed by atoms with van der Waals surface area (Å²) in [6.45, 7) is 10.9. The van der Waals surface area contributed by atoms with Gasteiger partial charge in [-0.3, -0.25) is 9.28 Å². The molecule has 150 valence electrons. The van der Waals surface area contributed by atoms with Crippen molar-refractivity contribution in [1.82, 2.24) is 5.32 Å². The Hall–Kier alpha value is -1.16. The highest BCUT2D eigenvalue weighted by Gasteiger charge is 2.35. The maximum absolute atomic E-state index is 11.1. The van der Waals surface area contributed by atoms with E-state index in [0.29, 0.717) is 0 Å². The molecule has 0 radical (unpaired) electrons. The number of rotatable bonds is 15. The zero-order chi connectivity index (χ0) is 19.1. The number of hydrogen-bond acceptors (Lipinski definition) is 2. The molecule has 0 aromatic rings. The third-order valence-corrected chi connectivity index (χ3v) is 5.55. The van der Waals surface area contributed by atoms with Gasteiger partial charge < -0.3 is 5.32 Å². The molecule has 1 amide bonds. The Bertz CT molecular complexity index is 445. The van der Waals surface area contributed by atoms with Gasteiger partial charge in [0.15, 0.2) is 5.84 Å². The first-order valence-electron chi connectivity index (χ1n) is 10.9. The van der Waals surface area contributed by atoms with Crippen LogP contribution in [-0.4, -0.2) is 48.9 Å². The van der Waals surface area contributed by atoms with E-state index in [1.807, 2.05) is 0 Å². The lowest BCUT2D eigenvalue weighted by molar-refractivity contribution is -0.833. The predicted octanol–water partition coefficient (Wildman–Crippen LogP) is 4.85. The van der Waals surface area contributed by atoms with E-state index in [1.54, 1.807) is 6.92 Å². The lowest BCUT2D eigenvalue weighted by Gasteiger charge is -2.33. The van der Waals surface area contributed by atoms with Crippen molar-refractivity contribution in [3.63, 3.8) is 0 Å². The van der Waals surface area contributed by atoms with E-state index in [9.17, 15) is 4.79 Å². The summed E-state index contributed by atoms with van der Waals surface area (Å²) in [6.07, 6.45) is 17.6. The van der Waals surface area contributed by atoms with Gasteiger partial charge in [0.05, 0.1) is 19.6 Å². The van der Waals surface area contributed by atoms with Crippen LogP contribution in [-0.2, 0) is 4.79 Å². The van der Waals surface area contributed by atoms with Gasteiger partial charge >= 0.3 is 0 Å². The van der Waals surface area contributed by atoms with Gasteiger partial charge in [0, 0.05) is 13.3 Å². The molecule has 1 heterocycles. The molecule has 0 fully saturated rings. The van der Waals surface area contributed by atoms with Gasteiger partial charge in [-0.1, -0.05) is 51.2 Å². The summed E-state index contributed by atoms with van der Waals surface area (Å²) in [5.74, 6) is 1.41. The molecule has 4 heteroatoms. The number of allylic oxidation sites excluding steroid dienone is 2. The van der Waals surface area contributed by atoms with Gasteiger partial charge in [-0.05, 0) is 32.6 Å². The Balaban J connectivity index is 2.18. The van der Waals surface area contributed by atoms with Crippen LogP contribution in [0.1, 0.15) is 85.0 Å². The van der Waals surface area contributed by atoms with Gasteiger partial charge in [-0.25, -0.2) is 4.99 Å². The van der Waals surface area contributed by atoms with Gasteiger partial charge in [-0.2, -0.15) is 0 Å². The van der Waals surface area contributed by atoms with Gasteiger partial charge in [-0.15, -0.1) is 0 Å². The number of unbranched alkanes of at least 4 members (excludes halogenated alkanes) is 7. The van der Waals surface area contributed by atoms with Crippen LogP contribution in [0, 0.1) is 0 Å². The summed E-state index contributed by atoms with van der Waals surface area (Å²) in [7, 11) is 0. The third-order valence-electron chi connectivity index (χ3n) is 5.55. The number of quaternary nitrogens is 1. The van der Waals surface area contributed by atoms with E-state index in [-0.39, 0.29) is 5.91 Å². The molecule has 26 heavy (non-hydrogen) atoms. The second-order valence-corrected chi connectivity index (χ2v) is 7.61. The molecule has 1 rings (SSSR count). The Labute approximate surface area is 161 Å². The van der Waals surface area contributed by atoms with Crippen LogP contribution in [0.5, 0.6) is 0 Å². The maximum atomic E-state index is 11.1. The number of likely N-dealkylation sites (N-methyl/N-ethyl adjacent to an activating group) is 1. The second kappa shape index (κ2) is 14.0. The minimum absolute atomic E-state index is 0.0624. The van der Waals surface area contributed by atoms with Crippen molar-refractivity contribution in [3.05, 3.63) is 12.2 Å². The Morgan fingerprint density at radius 1 is 1.08 bits per heavy atom. The van der Waals surface area contributed by atoms with Crippen molar-refractivity contribution in [2.24, 2.45) is 4.99 Å². The molecular formula is C22H42N3O+. The average molecular weight is 365 g/mol. The first-order chi connectivity index (χ1) is 12.6. The minimum Gasteiger partial charge on any atom is -0.351 e. The first kappa shape index (κ1) is 22.9. The maximum Gasteiger partial charge on any atom is 0.217 e. The number of carbonyl (C=O) groups excluding carboxylic acids is 1. The quantitative estimate of drug-likeness (QED) is 0.252. The van der Waals surface area contributed by atoms with Gasteiger partial charge in [0.25, 0.3) is 0 Å². The molecule has 1 aliphatic heterocycles.